The van der Waals surface area contributed by atoms with Crippen LogP contribution in [0.25, 0.3) is 5.78 Å². The van der Waals surface area contributed by atoms with Crippen molar-refractivity contribution in [2.24, 2.45) is 0 Å². The molecule has 0 atom stereocenters. The highest BCUT2D eigenvalue weighted by Crippen LogP contribution is 2.30. The van der Waals surface area contributed by atoms with Crippen LogP contribution in [0.5, 0.6) is 0 Å². The van der Waals surface area contributed by atoms with E-state index in [1.807, 2.05) is 17.9 Å². The van der Waals surface area contributed by atoms with Gasteiger partial charge in [0.25, 0.3) is 11.7 Å². The molecule has 3 rings (SSSR count). The Kier molecular flexibility index (Phi) is 2.42. The van der Waals surface area contributed by atoms with Crippen molar-refractivity contribution in [1.82, 2.24) is 19.6 Å². The Morgan fingerprint density at radius 1 is 1.28 bits per heavy atom. The third-order valence-electron chi connectivity index (χ3n) is 3.18. The van der Waals surface area contributed by atoms with Crippen LogP contribution in [0, 0.1) is 6.92 Å². The van der Waals surface area contributed by atoms with Crippen LogP contribution >= 0.6 is 0 Å². The molecule has 0 radical (unpaired) electrons. The van der Waals surface area contributed by atoms with Gasteiger partial charge in [-0.15, -0.1) is 0 Å². The van der Waals surface area contributed by atoms with Crippen LogP contribution < -0.4 is 4.90 Å². The molecule has 0 bridgehead atoms. The number of rotatable bonds is 1. The zero-order valence-electron chi connectivity index (χ0n) is 9.98. The van der Waals surface area contributed by atoms with Gasteiger partial charge in [-0.05, 0) is 6.92 Å². The van der Waals surface area contributed by atoms with Gasteiger partial charge in [0.15, 0.2) is 0 Å². The molecule has 3 heterocycles. The molecule has 2 aromatic heterocycles. The third-order valence-corrected chi connectivity index (χ3v) is 3.18. The second kappa shape index (κ2) is 3.86. The van der Waals surface area contributed by atoms with E-state index in [0.29, 0.717) is 18.9 Å². The number of aromatic nitrogens is 4. The van der Waals surface area contributed by atoms with Gasteiger partial charge in [-0.3, -0.25) is 0 Å². The van der Waals surface area contributed by atoms with Crippen molar-refractivity contribution in [2.45, 2.75) is 25.7 Å². The molecule has 7 heteroatoms. The summed E-state index contributed by atoms with van der Waals surface area (Å²) in [5.74, 6) is -1.26. The van der Waals surface area contributed by atoms with Gasteiger partial charge < -0.3 is 4.90 Å². The first kappa shape index (κ1) is 11.3. The number of nitrogens with zero attached hydrogens (tertiary/aromatic N) is 5. The number of hydrogen-bond donors (Lipinski definition) is 0. The minimum atomic E-state index is -2.54. The van der Waals surface area contributed by atoms with Crippen LogP contribution in [0.15, 0.2) is 12.4 Å². The molecule has 0 amide bonds. The quantitative estimate of drug-likeness (QED) is 0.775. The standard InChI is InChI=1S/C11H13F2N5/c1-8-6-9(18-10(16-8)14-7-15-18)17-4-2-11(12,13)3-5-17/h6-7H,2-5H2,1H3. The first-order valence-electron chi connectivity index (χ1n) is 5.85. The van der Waals surface area contributed by atoms with E-state index in [4.69, 9.17) is 0 Å². The van der Waals surface area contributed by atoms with Crippen LogP contribution in [0.1, 0.15) is 18.5 Å². The topological polar surface area (TPSA) is 46.3 Å². The second-order valence-corrected chi connectivity index (χ2v) is 4.57. The Balaban J connectivity index is 1.97. The first-order valence-corrected chi connectivity index (χ1v) is 5.85. The maximum absolute atomic E-state index is 13.2. The molecular weight excluding hydrogens is 240 g/mol. The van der Waals surface area contributed by atoms with Crippen molar-refractivity contribution < 1.29 is 8.78 Å². The van der Waals surface area contributed by atoms with E-state index in [-0.39, 0.29) is 12.8 Å². The highest BCUT2D eigenvalue weighted by atomic mass is 19.3. The monoisotopic (exact) mass is 253 g/mol. The summed E-state index contributed by atoms with van der Waals surface area (Å²) in [6.45, 7) is 2.51. The smallest absolute Gasteiger partial charge is 0.254 e. The molecule has 0 N–H and O–H groups in total. The van der Waals surface area contributed by atoms with Crippen LogP contribution in [0.3, 0.4) is 0 Å². The second-order valence-electron chi connectivity index (χ2n) is 4.57. The average molecular weight is 253 g/mol. The van der Waals surface area contributed by atoms with E-state index >= 15 is 0 Å². The Morgan fingerprint density at radius 3 is 2.72 bits per heavy atom. The van der Waals surface area contributed by atoms with Gasteiger partial charge in [0.1, 0.15) is 12.1 Å². The van der Waals surface area contributed by atoms with Gasteiger partial charge >= 0.3 is 0 Å². The summed E-state index contributed by atoms with van der Waals surface area (Å²) >= 11 is 0. The molecule has 2 aromatic rings. The number of halogens is 2. The molecule has 96 valence electrons. The van der Waals surface area contributed by atoms with Gasteiger partial charge in [0.05, 0.1) is 0 Å². The predicted molar refractivity (Wildman–Crippen MR) is 61.9 cm³/mol. The summed E-state index contributed by atoms with van der Waals surface area (Å²) in [7, 11) is 0. The average Bonchev–Trinajstić information content (AvgIpc) is 2.76. The highest BCUT2D eigenvalue weighted by molar-refractivity contribution is 5.47. The molecule has 0 unspecified atom stereocenters. The van der Waals surface area contributed by atoms with Crippen LogP contribution in [0.2, 0.25) is 0 Å². The fourth-order valence-electron chi connectivity index (χ4n) is 2.20. The molecule has 1 fully saturated rings. The molecule has 1 aliphatic heterocycles. The molecule has 0 aliphatic carbocycles. The van der Waals surface area contributed by atoms with Gasteiger partial charge in [0, 0.05) is 37.7 Å². The van der Waals surface area contributed by atoms with Crippen molar-refractivity contribution >= 4 is 11.6 Å². The maximum Gasteiger partial charge on any atom is 0.254 e. The number of hydrogen-bond acceptors (Lipinski definition) is 4. The van der Waals surface area contributed by atoms with E-state index in [9.17, 15) is 8.78 Å². The van der Waals surface area contributed by atoms with Crippen LogP contribution in [-0.2, 0) is 0 Å². The van der Waals surface area contributed by atoms with Crippen molar-refractivity contribution in [1.29, 1.82) is 0 Å². The Bertz CT molecular complexity index is 570. The lowest BCUT2D eigenvalue weighted by Crippen LogP contribution is -2.40. The molecule has 1 aliphatic rings. The SMILES string of the molecule is Cc1cc(N2CCC(F)(F)CC2)n2ncnc2n1. The van der Waals surface area contributed by atoms with E-state index in [2.05, 4.69) is 15.1 Å². The summed E-state index contributed by atoms with van der Waals surface area (Å²) in [6, 6.07) is 1.85. The summed E-state index contributed by atoms with van der Waals surface area (Å²) in [5.41, 5.74) is 0.808. The number of anilines is 1. The van der Waals surface area contributed by atoms with Gasteiger partial charge in [0.2, 0.25) is 0 Å². The van der Waals surface area contributed by atoms with E-state index in [0.717, 1.165) is 11.5 Å². The first-order chi connectivity index (χ1) is 8.55. The van der Waals surface area contributed by atoms with Crippen molar-refractivity contribution in [3.63, 3.8) is 0 Å². The minimum Gasteiger partial charge on any atom is -0.356 e. The summed E-state index contributed by atoms with van der Waals surface area (Å²) in [4.78, 5) is 10.2. The van der Waals surface area contributed by atoms with Crippen LogP contribution in [0.4, 0.5) is 14.6 Å². The van der Waals surface area contributed by atoms with Crippen molar-refractivity contribution in [3.05, 3.63) is 18.1 Å². The van der Waals surface area contributed by atoms with Crippen LogP contribution in [-0.4, -0.2) is 38.6 Å². The number of aryl methyl sites for hydroxylation is 1. The Hall–Kier alpha value is -1.79. The largest absolute Gasteiger partial charge is 0.356 e. The predicted octanol–water partition coefficient (Wildman–Crippen LogP) is 1.67. The zero-order valence-corrected chi connectivity index (χ0v) is 9.98. The Labute approximate surface area is 102 Å². The third kappa shape index (κ3) is 1.89. The molecule has 18 heavy (non-hydrogen) atoms. The zero-order chi connectivity index (χ0) is 12.8. The van der Waals surface area contributed by atoms with Gasteiger partial charge in [-0.1, -0.05) is 0 Å². The van der Waals surface area contributed by atoms with E-state index in [1.54, 1.807) is 4.52 Å². The van der Waals surface area contributed by atoms with Crippen molar-refractivity contribution in [3.8, 4) is 0 Å². The lowest BCUT2D eigenvalue weighted by molar-refractivity contribution is -0.0222. The van der Waals surface area contributed by atoms with E-state index < -0.39 is 5.92 Å². The summed E-state index contributed by atoms with van der Waals surface area (Å²) in [6.07, 6.45) is 1.18. The minimum absolute atomic E-state index is 0.120. The molecule has 1 saturated heterocycles. The molecule has 0 spiro atoms. The lowest BCUT2D eigenvalue weighted by Gasteiger charge is -2.33. The lowest BCUT2D eigenvalue weighted by atomic mass is 10.1. The van der Waals surface area contributed by atoms with Crippen molar-refractivity contribution in [2.75, 3.05) is 18.0 Å². The fourth-order valence-corrected chi connectivity index (χ4v) is 2.20. The molecule has 0 aromatic carbocycles. The molecule has 5 nitrogen and oxygen atoms in total. The fraction of sp³-hybridized carbons (Fsp3) is 0.545. The van der Waals surface area contributed by atoms with Gasteiger partial charge in [-0.25, -0.2) is 13.8 Å². The molecule has 0 saturated carbocycles. The van der Waals surface area contributed by atoms with E-state index in [1.165, 1.54) is 6.33 Å². The summed E-state index contributed by atoms with van der Waals surface area (Å²) < 4.78 is 27.9. The van der Waals surface area contributed by atoms with Gasteiger partial charge in [-0.2, -0.15) is 14.6 Å². The normalized spacial score (nSPS) is 19.4. The summed E-state index contributed by atoms with van der Waals surface area (Å²) in [5, 5.41) is 4.09. The number of alkyl halides is 2. The highest BCUT2D eigenvalue weighted by Gasteiger charge is 2.34. The molecular formula is C11H13F2N5. The maximum atomic E-state index is 13.2. The number of piperidine rings is 1. The Morgan fingerprint density at radius 2 is 2.00 bits per heavy atom. The number of fused-ring (bicyclic) bond motifs is 1.